The van der Waals surface area contributed by atoms with E-state index in [1.807, 2.05) is 20.8 Å². The summed E-state index contributed by atoms with van der Waals surface area (Å²) in [5.74, 6) is -10.5. The lowest BCUT2D eigenvalue weighted by molar-refractivity contribution is -0.143. The first-order valence-corrected chi connectivity index (χ1v) is 23.4. The lowest BCUT2D eigenvalue weighted by Crippen LogP contribution is -2.60. The maximum atomic E-state index is 14.2. The minimum atomic E-state index is -1.50. The fraction of sp³-hybridized carbons (Fsp3) is 0.630. The number of carboxylic acid groups (broad SMARTS) is 2. The van der Waals surface area contributed by atoms with Crippen molar-refractivity contribution in [2.75, 3.05) is 19.6 Å². The van der Waals surface area contributed by atoms with Gasteiger partial charge in [0.1, 0.15) is 42.3 Å². The Hall–Kier alpha value is -6.65. The van der Waals surface area contributed by atoms with E-state index in [-0.39, 0.29) is 57.0 Å². The Bertz CT molecular complexity index is 1970. The van der Waals surface area contributed by atoms with Crippen molar-refractivity contribution in [2.45, 2.75) is 148 Å². The maximum absolute atomic E-state index is 14.2. The number of carboxylic acids is 2. The predicted octanol–water partition coefficient (Wildman–Crippen LogP) is -1.44. The van der Waals surface area contributed by atoms with E-state index < -0.39 is 133 Å². The Morgan fingerprint density at radius 3 is 1.81 bits per heavy atom. The molecule has 1 heterocycles. The number of nitrogens with zero attached hydrogens (tertiary/aromatic N) is 1. The number of rotatable bonds is 30. The second-order valence-electron chi connectivity index (χ2n) is 17.8. The Kier molecular flexibility index (Phi) is 24.8. The molecule has 0 aromatic heterocycles. The third-order valence-electron chi connectivity index (χ3n) is 11.9. The number of likely N-dealkylation sites (tertiary alicyclic amines) is 1. The van der Waals surface area contributed by atoms with Gasteiger partial charge in [0, 0.05) is 25.8 Å². The second kappa shape index (κ2) is 29.3. The monoisotopic (exact) mass is 973 g/mol. The molecule has 23 heteroatoms. The number of hydrogen-bond acceptors (Lipinski definition) is 12. The highest BCUT2D eigenvalue weighted by Gasteiger charge is 2.41. The van der Waals surface area contributed by atoms with Crippen LogP contribution in [0.3, 0.4) is 0 Å². The molecule has 0 bridgehead atoms. The van der Waals surface area contributed by atoms with Crippen LogP contribution in [0.4, 0.5) is 0 Å². The van der Waals surface area contributed by atoms with Gasteiger partial charge in [-0.05, 0) is 55.4 Å². The SMILES string of the molecule is CC[C@H](C)[C@H](NC(=O)CN)C(=O)N[C@@H](CC(C)C)C(=O)N1CCC[C@H]1C(=O)N[C@@H](CCC(=O)O)C(=O)N[C@H](C(=O)NCC(=O)N[C@@H](Cc1ccccc1)C(=O)N[C@@H](CCC(N)=O)C(=O)O)[C@@H](C)CC. The Morgan fingerprint density at radius 1 is 0.681 bits per heavy atom. The highest BCUT2D eigenvalue weighted by molar-refractivity contribution is 5.98. The van der Waals surface area contributed by atoms with Crippen LogP contribution in [0.1, 0.15) is 105 Å². The Labute approximate surface area is 402 Å². The molecule has 1 fully saturated rings. The molecule has 0 unspecified atom stereocenters. The molecule has 9 atom stereocenters. The molecule has 1 aliphatic rings. The summed E-state index contributed by atoms with van der Waals surface area (Å²) >= 11 is 0. The molecule has 0 saturated carbocycles. The predicted molar refractivity (Wildman–Crippen MR) is 250 cm³/mol. The van der Waals surface area contributed by atoms with Crippen molar-refractivity contribution >= 4 is 65.1 Å². The number of carbonyl (C=O) groups excluding carboxylic acids is 9. The summed E-state index contributed by atoms with van der Waals surface area (Å²) in [6, 6.07) is -0.387. The van der Waals surface area contributed by atoms with Gasteiger partial charge in [0.15, 0.2) is 0 Å². The van der Waals surface area contributed by atoms with E-state index in [9.17, 15) is 63.0 Å². The van der Waals surface area contributed by atoms with Gasteiger partial charge in [-0.3, -0.25) is 47.9 Å². The van der Waals surface area contributed by atoms with Gasteiger partial charge >= 0.3 is 11.9 Å². The van der Waals surface area contributed by atoms with Crippen LogP contribution in [-0.2, 0) is 59.2 Å². The van der Waals surface area contributed by atoms with Gasteiger partial charge in [-0.15, -0.1) is 0 Å². The van der Waals surface area contributed by atoms with Crippen molar-refractivity contribution in [3.8, 4) is 0 Å². The molecule has 9 amide bonds. The lowest BCUT2D eigenvalue weighted by atomic mass is 9.96. The molecule has 1 aromatic carbocycles. The fourth-order valence-electron chi connectivity index (χ4n) is 7.55. The van der Waals surface area contributed by atoms with Gasteiger partial charge in [-0.25, -0.2) is 4.79 Å². The number of hydrogen-bond donors (Lipinski definition) is 11. The zero-order chi connectivity index (χ0) is 52.0. The number of benzene rings is 1. The Morgan fingerprint density at radius 2 is 1.26 bits per heavy atom. The normalized spacial score (nSPS) is 16.8. The Balaban J connectivity index is 2.28. The van der Waals surface area contributed by atoms with Crippen LogP contribution in [0.25, 0.3) is 0 Å². The average molecular weight is 973 g/mol. The molecule has 0 spiro atoms. The molecule has 1 saturated heterocycles. The molecule has 13 N–H and O–H groups in total. The number of nitrogens with two attached hydrogens (primary N) is 2. The van der Waals surface area contributed by atoms with E-state index in [4.69, 9.17) is 11.5 Å². The molecule has 2 rings (SSSR count). The maximum Gasteiger partial charge on any atom is 0.326 e. The van der Waals surface area contributed by atoms with Crippen LogP contribution >= 0.6 is 0 Å². The lowest BCUT2D eigenvalue weighted by Gasteiger charge is -2.32. The quantitative estimate of drug-likeness (QED) is 0.0421. The molecule has 1 aromatic rings. The van der Waals surface area contributed by atoms with Gasteiger partial charge in [0.2, 0.25) is 53.2 Å². The van der Waals surface area contributed by atoms with Crippen molar-refractivity contribution in [1.82, 2.24) is 42.1 Å². The zero-order valence-corrected chi connectivity index (χ0v) is 40.3. The van der Waals surface area contributed by atoms with Gasteiger partial charge in [-0.2, -0.15) is 0 Å². The number of primary amides is 1. The van der Waals surface area contributed by atoms with E-state index in [0.29, 0.717) is 24.8 Å². The van der Waals surface area contributed by atoms with Crippen LogP contribution < -0.4 is 48.7 Å². The summed E-state index contributed by atoms with van der Waals surface area (Å²) < 4.78 is 0. The summed E-state index contributed by atoms with van der Waals surface area (Å²) in [7, 11) is 0. The third kappa shape index (κ3) is 19.8. The molecular weight excluding hydrogens is 901 g/mol. The standard InChI is InChI=1S/C46H72N10O13/c1-7-26(5)38(43(65)49-24-36(59)50-31(22-28-13-10-9-11-14-28)41(63)52-30(46(68)69)16-18-34(48)57)55-40(62)29(17-19-37(60)61)51-42(64)33-15-12-20-56(33)45(67)32(21-25(3)4)53-44(66)39(27(6)8-2)54-35(58)23-47/h9-11,13-14,25-27,29-33,38-39H,7-8,12,15-24,47H2,1-6H3,(H2,48,57)(H,49,65)(H,50,59)(H,51,64)(H,52,63)(H,53,66)(H,54,58)(H,55,62)(H,60,61)(H,68,69)/t26-,27-,29-,30-,31-,32-,33-,38-,39-/m0/s1. The van der Waals surface area contributed by atoms with Crippen molar-refractivity contribution in [1.29, 1.82) is 0 Å². The second-order valence-corrected chi connectivity index (χ2v) is 17.8. The zero-order valence-electron chi connectivity index (χ0n) is 40.3. The molecule has 1 aliphatic heterocycles. The number of aliphatic carboxylic acids is 2. The van der Waals surface area contributed by atoms with Crippen molar-refractivity contribution in [2.24, 2.45) is 29.2 Å². The minimum Gasteiger partial charge on any atom is -0.481 e. The molecule has 23 nitrogen and oxygen atoms in total. The van der Waals surface area contributed by atoms with Crippen molar-refractivity contribution in [3.05, 3.63) is 35.9 Å². The van der Waals surface area contributed by atoms with E-state index in [2.05, 4.69) is 37.2 Å². The molecule has 0 radical (unpaired) electrons. The molecule has 384 valence electrons. The number of carbonyl (C=O) groups is 11. The van der Waals surface area contributed by atoms with Crippen LogP contribution in [-0.4, -0.2) is 142 Å². The van der Waals surface area contributed by atoms with Gasteiger partial charge in [0.25, 0.3) is 0 Å². The van der Waals surface area contributed by atoms with E-state index in [0.717, 1.165) is 0 Å². The van der Waals surface area contributed by atoms with Crippen molar-refractivity contribution < 1.29 is 63.0 Å². The highest BCUT2D eigenvalue weighted by atomic mass is 16.4. The summed E-state index contributed by atoms with van der Waals surface area (Å²) in [6.45, 7) is 9.75. The summed E-state index contributed by atoms with van der Waals surface area (Å²) in [5.41, 5.74) is 11.2. The smallest absolute Gasteiger partial charge is 0.326 e. The first-order chi connectivity index (χ1) is 32.5. The van der Waals surface area contributed by atoms with Crippen LogP contribution in [0.2, 0.25) is 0 Å². The highest BCUT2D eigenvalue weighted by Crippen LogP contribution is 2.22. The van der Waals surface area contributed by atoms with Crippen molar-refractivity contribution in [3.63, 3.8) is 0 Å². The largest absolute Gasteiger partial charge is 0.481 e. The molecular formula is C46H72N10O13. The van der Waals surface area contributed by atoms with Gasteiger partial charge in [-0.1, -0.05) is 84.7 Å². The van der Waals surface area contributed by atoms with E-state index in [1.54, 1.807) is 51.1 Å². The van der Waals surface area contributed by atoms with Crippen LogP contribution in [0.5, 0.6) is 0 Å². The summed E-state index contributed by atoms with van der Waals surface area (Å²) in [4.78, 5) is 144. The van der Waals surface area contributed by atoms with E-state index in [1.165, 1.54) is 4.90 Å². The minimum absolute atomic E-state index is 0.0826. The van der Waals surface area contributed by atoms with Gasteiger partial charge < -0.3 is 63.8 Å². The topological polar surface area (TPSA) is 368 Å². The van der Waals surface area contributed by atoms with E-state index >= 15 is 0 Å². The summed E-state index contributed by atoms with van der Waals surface area (Å²) in [5, 5.41) is 37.0. The fourth-order valence-corrected chi connectivity index (χ4v) is 7.55. The molecule has 0 aliphatic carbocycles. The molecule has 69 heavy (non-hydrogen) atoms. The van der Waals surface area contributed by atoms with Crippen LogP contribution in [0, 0.1) is 17.8 Å². The van der Waals surface area contributed by atoms with Gasteiger partial charge in [0.05, 0.1) is 13.1 Å². The third-order valence-corrected chi connectivity index (χ3v) is 11.9. The number of amides is 9. The average Bonchev–Trinajstić information content (AvgIpc) is 3.80. The first-order valence-electron chi connectivity index (χ1n) is 23.4. The first kappa shape index (κ1) is 58.5. The van der Waals surface area contributed by atoms with Crippen LogP contribution in [0.15, 0.2) is 30.3 Å². The number of nitrogens with one attached hydrogen (secondary N) is 7. The summed E-state index contributed by atoms with van der Waals surface area (Å²) in [6.07, 6.45) is -0.0745.